The van der Waals surface area contributed by atoms with E-state index in [1.807, 2.05) is 0 Å². The number of aliphatic carboxylic acids is 1. The lowest BCUT2D eigenvalue weighted by Gasteiger charge is -2.24. The van der Waals surface area contributed by atoms with Crippen LogP contribution in [0.3, 0.4) is 0 Å². The van der Waals surface area contributed by atoms with Crippen LogP contribution < -0.4 is 0 Å². The van der Waals surface area contributed by atoms with Crippen molar-refractivity contribution in [2.45, 2.75) is 18.8 Å². The molecule has 2 unspecified atom stereocenters. The molecule has 0 aliphatic heterocycles. The van der Waals surface area contributed by atoms with Crippen LogP contribution in [0, 0.1) is 0 Å². The van der Waals surface area contributed by atoms with Crippen molar-refractivity contribution < 1.29 is 23.1 Å². The minimum Gasteiger partial charge on any atom is -0.478 e. The average Bonchev–Trinajstić information content (AvgIpc) is 1.95. The Morgan fingerprint density at radius 1 is 1.69 bits per heavy atom. The molecule has 13 heavy (non-hydrogen) atoms. The second-order valence-electron chi connectivity index (χ2n) is 2.95. The monoisotopic (exact) mass is 192 g/mol. The highest BCUT2D eigenvalue weighted by Gasteiger charge is 2.41. The molecule has 1 aliphatic carbocycles. The first-order valence-electron chi connectivity index (χ1n) is 3.51. The van der Waals surface area contributed by atoms with Gasteiger partial charge >= 0.3 is 5.97 Å². The van der Waals surface area contributed by atoms with Crippen molar-refractivity contribution in [2.24, 2.45) is 0 Å². The van der Waals surface area contributed by atoms with Gasteiger partial charge in [0.25, 0.3) is 0 Å². The van der Waals surface area contributed by atoms with Gasteiger partial charge in [-0.25, -0.2) is 18.0 Å². The molecule has 5 heteroatoms. The number of alkyl halides is 2. The zero-order valence-electron chi connectivity index (χ0n) is 6.72. The second kappa shape index (κ2) is 2.90. The Morgan fingerprint density at radius 3 is 2.69 bits per heavy atom. The van der Waals surface area contributed by atoms with E-state index >= 15 is 0 Å². The quantitative estimate of drug-likeness (QED) is 0.689. The van der Waals surface area contributed by atoms with E-state index < -0.39 is 29.2 Å². The number of rotatable bonds is 1. The molecule has 1 N–H and O–H groups in total. The summed E-state index contributed by atoms with van der Waals surface area (Å²) < 4.78 is 38.7. The molecule has 2 atom stereocenters. The number of carboxylic acids is 1. The number of halogens is 3. The van der Waals surface area contributed by atoms with E-state index in [0.717, 1.165) is 6.92 Å². The van der Waals surface area contributed by atoms with E-state index in [2.05, 4.69) is 0 Å². The van der Waals surface area contributed by atoms with Crippen LogP contribution >= 0.6 is 0 Å². The summed E-state index contributed by atoms with van der Waals surface area (Å²) >= 11 is 0. The van der Waals surface area contributed by atoms with E-state index in [4.69, 9.17) is 5.11 Å². The molecule has 0 bridgehead atoms. The minimum atomic E-state index is -2.59. The molecule has 1 aliphatic rings. The number of carboxylic acid groups (broad SMARTS) is 1. The molecule has 0 saturated carbocycles. The van der Waals surface area contributed by atoms with Gasteiger partial charge in [0.05, 0.1) is 5.57 Å². The van der Waals surface area contributed by atoms with Crippen LogP contribution in [0.5, 0.6) is 0 Å². The fourth-order valence-corrected chi connectivity index (χ4v) is 1.08. The van der Waals surface area contributed by atoms with Crippen LogP contribution in [0.25, 0.3) is 0 Å². The Morgan fingerprint density at radius 2 is 2.23 bits per heavy atom. The molecule has 1 rings (SSSR count). The van der Waals surface area contributed by atoms with E-state index in [0.29, 0.717) is 12.2 Å². The molecule has 0 aromatic carbocycles. The molecule has 0 heterocycles. The lowest BCUT2D eigenvalue weighted by atomic mass is 9.90. The maximum atomic E-state index is 13.1. The molecule has 0 saturated heterocycles. The minimum absolute atomic E-state index is 0.421. The smallest absolute Gasteiger partial charge is 0.334 e. The van der Waals surface area contributed by atoms with Crippen LogP contribution in [0.15, 0.2) is 23.6 Å². The van der Waals surface area contributed by atoms with Gasteiger partial charge < -0.3 is 5.11 Å². The molecule has 0 fully saturated rings. The number of hydrogen-bond acceptors (Lipinski definition) is 1. The van der Waals surface area contributed by atoms with Crippen molar-refractivity contribution in [2.75, 3.05) is 0 Å². The van der Waals surface area contributed by atoms with Crippen molar-refractivity contribution in [3.63, 3.8) is 0 Å². The number of carbonyl (C=O) groups is 1. The Balaban J connectivity index is 3.12. The van der Waals surface area contributed by atoms with E-state index in [1.54, 1.807) is 0 Å². The van der Waals surface area contributed by atoms with Gasteiger partial charge in [0.15, 0.2) is 11.8 Å². The Bertz CT molecular complexity index is 305. The summed E-state index contributed by atoms with van der Waals surface area (Å²) in [5.41, 5.74) is -3.49. The Labute approximate surface area is 72.4 Å². The fraction of sp³-hybridized carbons (Fsp3) is 0.375. The SMILES string of the molecule is CC1(F)C=C(F)C=C(C(=O)O)C1F. The topological polar surface area (TPSA) is 37.3 Å². The molecule has 0 amide bonds. The highest BCUT2D eigenvalue weighted by atomic mass is 19.2. The molecule has 0 aromatic rings. The molecule has 0 spiro atoms. The third kappa shape index (κ3) is 1.74. The summed E-state index contributed by atoms with van der Waals surface area (Å²) in [5.74, 6) is -2.73. The maximum absolute atomic E-state index is 13.1. The molecule has 0 radical (unpaired) electrons. The largest absolute Gasteiger partial charge is 0.478 e. The van der Waals surface area contributed by atoms with Crippen LogP contribution in [0.4, 0.5) is 13.2 Å². The van der Waals surface area contributed by atoms with Crippen molar-refractivity contribution in [3.05, 3.63) is 23.6 Å². The van der Waals surface area contributed by atoms with Gasteiger partial charge in [0.2, 0.25) is 0 Å². The zero-order chi connectivity index (χ0) is 10.2. The standard InChI is InChI=1S/C8H7F3O2/c1-8(11)3-4(9)2-5(6(8)10)7(12)13/h2-3,6H,1H3,(H,12,13). The van der Waals surface area contributed by atoms with Crippen molar-refractivity contribution >= 4 is 5.97 Å². The molecule has 2 nitrogen and oxygen atoms in total. The van der Waals surface area contributed by atoms with E-state index in [1.165, 1.54) is 0 Å². The Hall–Kier alpha value is -1.26. The van der Waals surface area contributed by atoms with Gasteiger partial charge in [-0.05, 0) is 19.1 Å². The summed E-state index contributed by atoms with van der Waals surface area (Å²) in [7, 11) is 0. The van der Waals surface area contributed by atoms with Crippen molar-refractivity contribution in [1.29, 1.82) is 0 Å². The average molecular weight is 192 g/mol. The highest BCUT2D eigenvalue weighted by molar-refractivity contribution is 5.89. The first-order chi connectivity index (χ1) is 5.84. The third-order valence-electron chi connectivity index (χ3n) is 1.73. The van der Waals surface area contributed by atoms with Crippen molar-refractivity contribution in [1.82, 2.24) is 0 Å². The van der Waals surface area contributed by atoms with E-state index in [9.17, 15) is 18.0 Å². The predicted octanol–water partition coefficient (Wildman–Crippen LogP) is 1.93. The predicted molar refractivity (Wildman–Crippen MR) is 39.3 cm³/mol. The molecular weight excluding hydrogens is 185 g/mol. The van der Waals surface area contributed by atoms with Gasteiger partial charge in [0.1, 0.15) is 5.83 Å². The van der Waals surface area contributed by atoms with Gasteiger partial charge in [-0.2, -0.15) is 0 Å². The van der Waals surface area contributed by atoms with Gasteiger partial charge in [-0.1, -0.05) is 0 Å². The fourth-order valence-electron chi connectivity index (χ4n) is 1.08. The normalized spacial score (nSPS) is 33.7. The maximum Gasteiger partial charge on any atom is 0.334 e. The molecule has 72 valence electrons. The van der Waals surface area contributed by atoms with E-state index in [-0.39, 0.29) is 0 Å². The Kier molecular flexibility index (Phi) is 2.19. The summed E-state index contributed by atoms with van der Waals surface area (Å²) in [6.07, 6.45) is -1.43. The first-order valence-corrected chi connectivity index (χ1v) is 3.51. The lowest BCUT2D eigenvalue weighted by Crippen LogP contribution is -2.35. The summed E-state index contributed by atoms with van der Waals surface area (Å²) in [6, 6.07) is 0. The highest BCUT2D eigenvalue weighted by Crippen LogP contribution is 2.33. The summed E-state index contributed by atoms with van der Waals surface area (Å²) in [6.45, 7) is 0.785. The van der Waals surface area contributed by atoms with Crippen molar-refractivity contribution in [3.8, 4) is 0 Å². The molecule has 0 aromatic heterocycles. The second-order valence-corrected chi connectivity index (χ2v) is 2.95. The van der Waals surface area contributed by atoms with Gasteiger partial charge in [-0.15, -0.1) is 0 Å². The zero-order valence-corrected chi connectivity index (χ0v) is 6.72. The molecular formula is C8H7F3O2. The van der Waals surface area contributed by atoms with Gasteiger partial charge in [0, 0.05) is 0 Å². The summed E-state index contributed by atoms with van der Waals surface area (Å²) in [4.78, 5) is 10.3. The summed E-state index contributed by atoms with van der Waals surface area (Å²) in [5, 5.41) is 8.39. The third-order valence-corrected chi connectivity index (χ3v) is 1.73. The van der Waals surface area contributed by atoms with Crippen LogP contribution in [-0.4, -0.2) is 22.9 Å². The van der Waals surface area contributed by atoms with Crippen LogP contribution in [-0.2, 0) is 4.79 Å². The van der Waals surface area contributed by atoms with Crippen LogP contribution in [0.2, 0.25) is 0 Å². The first kappa shape index (κ1) is 9.83. The van der Waals surface area contributed by atoms with Crippen LogP contribution in [0.1, 0.15) is 6.92 Å². The number of allylic oxidation sites excluding steroid dienone is 3. The lowest BCUT2D eigenvalue weighted by molar-refractivity contribution is -0.134. The van der Waals surface area contributed by atoms with Gasteiger partial charge in [-0.3, -0.25) is 0 Å². The number of hydrogen-bond donors (Lipinski definition) is 1.